The first-order valence-electron chi connectivity index (χ1n) is 4.72. The zero-order chi connectivity index (χ0) is 11.3. The van der Waals surface area contributed by atoms with E-state index in [1.54, 1.807) is 6.07 Å². The van der Waals surface area contributed by atoms with Gasteiger partial charge in [0, 0.05) is 6.07 Å². The van der Waals surface area contributed by atoms with Gasteiger partial charge in [-0.15, -0.1) is 0 Å². The molecule has 5 heteroatoms. The lowest BCUT2D eigenvalue weighted by molar-refractivity contribution is -0.124. The van der Waals surface area contributed by atoms with Crippen molar-refractivity contribution < 1.29 is 9.32 Å². The summed E-state index contributed by atoms with van der Waals surface area (Å²) in [6.07, 6.45) is 1.51. The molecule has 1 amide bonds. The Morgan fingerprint density at radius 3 is 2.93 bits per heavy atom. The van der Waals surface area contributed by atoms with Gasteiger partial charge in [-0.1, -0.05) is 19.0 Å². The average Bonchev–Trinajstić information content (AvgIpc) is 2.67. The molecule has 0 bridgehead atoms. The molecular formula is C10H13N3O2. The number of hydrogen-bond acceptors (Lipinski definition) is 4. The number of aromatic nitrogens is 1. The van der Waals surface area contributed by atoms with Crippen LogP contribution in [0, 0.1) is 23.2 Å². The second-order valence-electron chi connectivity index (χ2n) is 3.55. The molecule has 1 aromatic rings. The maximum atomic E-state index is 11.5. The molecule has 0 aliphatic rings. The van der Waals surface area contributed by atoms with Crippen LogP contribution >= 0.6 is 0 Å². The van der Waals surface area contributed by atoms with Crippen LogP contribution in [-0.4, -0.2) is 11.1 Å². The number of rotatable bonds is 4. The van der Waals surface area contributed by atoms with Crippen molar-refractivity contribution in [3.05, 3.63) is 18.0 Å². The van der Waals surface area contributed by atoms with E-state index in [0.717, 1.165) is 0 Å². The largest absolute Gasteiger partial charge is 0.360 e. The van der Waals surface area contributed by atoms with E-state index in [0.29, 0.717) is 5.76 Å². The summed E-state index contributed by atoms with van der Waals surface area (Å²) in [4.78, 5) is 11.5. The third-order valence-electron chi connectivity index (χ3n) is 2.02. The highest BCUT2D eigenvalue weighted by Crippen LogP contribution is 2.09. The first-order valence-corrected chi connectivity index (χ1v) is 4.72. The molecule has 0 saturated heterocycles. The maximum absolute atomic E-state index is 11.5. The van der Waals surface area contributed by atoms with Crippen molar-refractivity contribution in [2.75, 3.05) is 0 Å². The van der Waals surface area contributed by atoms with Crippen LogP contribution in [0.1, 0.15) is 19.6 Å². The monoisotopic (exact) mass is 207 g/mol. The third-order valence-corrected chi connectivity index (χ3v) is 2.02. The van der Waals surface area contributed by atoms with E-state index in [4.69, 9.17) is 9.78 Å². The topological polar surface area (TPSA) is 78.9 Å². The summed E-state index contributed by atoms with van der Waals surface area (Å²) in [5.74, 6) is -0.314. The van der Waals surface area contributed by atoms with Crippen LogP contribution in [-0.2, 0) is 11.3 Å². The number of nitrogens with one attached hydrogen (secondary N) is 1. The van der Waals surface area contributed by atoms with Crippen LogP contribution in [0.3, 0.4) is 0 Å². The maximum Gasteiger partial charge on any atom is 0.237 e. The zero-order valence-electron chi connectivity index (χ0n) is 8.73. The van der Waals surface area contributed by atoms with Gasteiger partial charge in [0.15, 0.2) is 5.76 Å². The van der Waals surface area contributed by atoms with E-state index in [1.807, 2.05) is 19.9 Å². The van der Waals surface area contributed by atoms with Crippen molar-refractivity contribution in [1.29, 1.82) is 5.26 Å². The molecular weight excluding hydrogens is 194 g/mol. The first kappa shape index (κ1) is 11.2. The third kappa shape index (κ3) is 3.09. The van der Waals surface area contributed by atoms with E-state index in [2.05, 4.69) is 10.5 Å². The lowest BCUT2D eigenvalue weighted by atomic mass is 9.97. The molecule has 5 nitrogen and oxygen atoms in total. The molecule has 1 aromatic heterocycles. The number of nitriles is 1. The van der Waals surface area contributed by atoms with Crippen LogP contribution in [0.4, 0.5) is 0 Å². The van der Waals surface area contributed by atoms with Gasteiger partial charge in [-0.25, -0.2) is 0 Å². The van der Waals surface area contributed by atoms with E-state index in [1.165, 1.54) is 6.20 Å². The molecule has 15 heavy (non-hydrogen) atoms. The minimum Gasteiger partial charge on any atom is -0.360 e. The fourth-order valence-electron chi connectivity index (χ4n) is 1.13. The van der Waals surface area contributed by atoms with Gasteiger partial charge in [0.2, 0.25) is 5.91 Å². The van der Waals surface area contributed by atoms with Crippen molar-refractivity contribution in [3.63, 3.8) is 0 Å². The predicted octanol–water partition coefficient (Wildman–Crippen LogP) is 1.09. The Kier molecular flexibility index (Phi) is 3.86. The predicted molar refractivity (Wildman–Crippen MR) is 52.3 cm³/mol. The molecule has 0 aliphatic carbocycles. The summed E-state index contributed by atoms with van der Waals surface area (Å²) in [5, 5.41) is 14.9. The molecule has 0 fully saturated rings. The van der Waals surface area contributed by atoms with Gasteiger partial charge < -0.3 is 9.84 Å². The lowest BCUT2D eigenvalue weighted by Crippen LogP contribution is -2.32. The van der Waals surface area contributed by atoms with Crippen molar-refractivity contribution in [3.8, 4) is 6.07 Å². The lowest BCUT2D eigenvalue weighted by Gasteiger charge is -2.11. The van der Waals surface area contributed by atoms with Gasteiger partial charge in [-0.05, 0) is 5.92 Å². The fourth-order valence-corrected chi connectivity index (χ4v) is 1.13. The van der Waals surface area contributed by atoms with Gasteiger partial charge in [-0.3, -0.25) is 4.79 Å². The van der Waals surface area contributed by atoms with Crippen molar-refractivity contribution in [2.45, 2.75) is 20.4 Å². The van der Waals surface area contributed by atoms with Crippen molar-refractivity contribution in [2.24, 2.45) is 11.8 Å². The van der Waals surface area contributed by atoms with Gasteiger partial charge >= 0.3 is 0 Å². The smallest absolute Gasteiger partial charge is 0.237 e. The summed E-state index contributed by atoms with van der Waals surface area (Å²) in [5.41, 5.74) is 0. The Labute approximate surface area is 88.1 Å². The van der Waals surface area contributed by atoms with E-state index < -0.39 is 5.92 Å². The SMILES string of the molecule is CC(C)C(C#N)C(=O)NCc1ccno1. The van der Waals surface area contributed by atoms with E-state index in [9.17, 15) is 4.79 Å². The van der Waals surface area contributed by atoms with Crippen molar-refractivity contribution in [1.82, 2.24) is 10.5 Å². The van der Waals surface area contributed by atoms with Crippen molar-refractivity contribution >= 4 is 5.91 Å². The molecule has 0 aliphatic heterocycles. The molecule has 0 saturated carbocycles. The number of nitrogens with zero attached hydrogens (tertiary/aromatic N) is 2. The van der Waals surface area contributed by atoms with Gasteiger partial charge in [0.05, 0.1) is 18.8 Å². The second-order valence-corrected chi connectivity index (χ2v) is 3.55. The fraction of sp³-hybridized carbons (Fsp3) is 0.500. The Morgan fingerprint density at radius 2 is 2.47 bits per heavy atom. The molecule has 0 spiro atoms. The Balaban J connectivity index is 2.46. The number of carbonyl (C=O) groups excluding carboxylic acids is 1. The summed E-state index contributed by atoms with van der Waals surface area (Å²) < 4.78 is 4.81. The van der Waals surface area contributed by atoms with Crippen LogP contribution in [0.5, 0.6) is 0 Å². The first-order chi connectivity index (χ1) is 7.15. The highest BCUT2D eigenvalue weighted by Gasteiger charge is 2.21. The molecule has 0 aromatic carbocycles. The molecule has 1 unspecified atom stereocenters. The van der Waals surface area contributed by atoms with Crippen LogP contribution < -0.4 is 5.32 Å². The van der Waals surface area contributed by atoms with Gasteiger partial charge in [0.1, 0.15) is 5.92 Å². The minimum absolute atomic E-state index is 0.00438. The van der Waals surface area contributed by atoms with E-state index >= 15 is 0 Å². The molecule has 1 atom stereocenters. The minimum atomic E-state index is -0.618. The Morgan fingerprint density at radius 1 is 1.73 bits per heavy atom. The standard InChI is InChI=1S/C10H13N3O2/c1-7(2)9(5-11)10(14)12-6-8-3-4-13-15-8/h3-4,7,9H,6H2,1-2H3,(H,12,14). The zero-order valence-corrected chi connectivity index (χ0v) is 8.73. The van der Waals surface area contributed by atoms with Crippen LogP contribution in [0.25, 0.3) is 0 Å². The molecule has 80 valence electrons. The molecule has 0 radical (unpaired) electrons. The highest BCUT2D eigenvalue weighted by atomic mass is 16.5. The highest BCUT2D eigenvalue weighted by molar-refractivity contribution is 5.81. The van der Waals surface area contributed by atoms with Gasteiger partial charge in [-0.2, -0.15) is 5.26 Å². The average molecular weight is 207 g/mol. The second kappa shape index (κ2) is 5.15. The molecule has 1 rings (SSSR count). The Bertz CT molecular complexity index is 351. The van der Waals surface area contributed by atoms with Crippen LogP contribution in [0.2, 0.25) is 0 Å². The summed E-state index contributed by atoms with van der Waals surface area (Å²) in [6.45, 7) is 3.94. The summed E-state index contributed by atoms with van der Waals surface area (Å²) in [7, 11) is 0. The number of carbonyl (C=O) groups is 1. The van der Waals surface area contributed by atoms with Crippen LogP contribution in [0.15, 0.2) is 16.8 Å². The normalized spacial score (nSPS) is 12.1. The van der Waals surface area contributed by atoms with E-state index in [-0.39, 0.29) is 18.4 Å². The number of hydrogen-bond donors (Lipinski definition) is 1. The summed E-state index contributed by atoms with van der Waals surface area (Å²) >= 11 is 0. The molecule has 1 N–H and O–H groups in total. The van der Waals surface area contributed by atoms with Gasteiger partial charge in [0.25, 0.3) is 0 Å². The molecule has 1 heterocycles. The quantitative estimate of drug-likeness (QED) is 0.801. The number of amides is 1. The Hall–Kier alpha value is -1.83. The summed E-state index contributed by atoms with van der Waals surface area (Å²) in [6, 6.07) is 3.64.